The molecule has 0 aliphatic heterocycles. The topological polar surface area (TPSA) is 50.4 Å². The van der Waals surface area contributed by atoms with E-state index >= 15 is 0 Å². The maximum atomic E-state index is 5.84. The fraction of sp³-hybridized carbons (Fsp3) is 0.400. The first kappa shape index (κ1) is 14.1. The molecule has 19 heavy (non-hydrogen) atoms. The van der Waals surface area contributed by atoms with Crippen LogP contribution in [0.25, 0.3) is 0 Å². The zero-order chi connectivity index (χ0) is 13.7. The van der Waals surface area contributed by atoms with E-state index in [0.717, 1.165) is 11.0 Å². The Morgan fingerprint density at radius 3 is 2.89 bits per heavy atom. The average molecular weight is 322 g/mol. The van der Waals surface area contributed by atoms with Crippen LogP contribution in [0.4, 0.5) is 0 Å². The first-order chi connectivity index (χ1) is 9.16. The van der Waals surface area contributed by atoms with Crippen LogP contribution in [-0.4, -0.2) is 19.0 Å². The normalized spacial score (nSPS) is 17.6. The van der Waals surface area contributed by atoms with Crippen LogP contribution in [0.3, 0.4) is 0 Å². The summed E-state index contributed by atoms with van der Waals surface area (Å²) in [5.74, 6) is 0.501. The number of aliphatic imine (C=N–C) groups is 1. The molecular formula is C15H20BrN3. The molecule has 1 saturated carbocycles. The summed E-state index contributed by atoms with van der Waals surface area (Å²) in [5.41, 5.74) is 7.36. The molecule has 0 spiro atoms. The van der Waals surface area contributed by atoms with Crippen molar-refractivity contribution in [3.8, 4) is 0 Å². The number of hydrogen-bond acceptors (Lipinski definition) is 1. The smallest absolute Gasteiger partial charge is 0.188 e. The van der Waals surface area contributed by atoms with Gasteiger partial charge in [0.2, 0.25) is 0 Å². The molecule has 4 heteroatoms. The molecule has 1 aromatic carbocycles. The van der Waals surface area contributed by atoms with Gasteiger partial charge >= 0.3 is 0 Å². The molecule has 0 heterocycles. The zero-order valence-electron chi connectivity index (χ0n) is 11.0. The minimum atomic E-state index is 0.171. The molecule has 0 saturated heterocycles. The molecule has 3 N–H and O–H groups in total. The van der Waals surface area contributed by atoms with Gasteiger partial charge in [-0.05, 0) is 30.5 Å². The van der Waals surface area contributed by atoms with E-state index in [2.05, 4.69) is 57.1 Å². The Bertz CT molecular complexity index is 478. The summed E-state index contributed by atoms with van der Waals surface area (Å²) in [4.78, 5) is 4.48. The van der Waals surface area contributed by atoms with E-state index in [1.807, 2.05) is 0 Å². The molecule has 0 unspecified atom stereocenters. The first-order valence-electron chi connectivity index (χ1n) is 6.57. The average Bonchev–Trinajstić information content (AvgIpc) is 2.35. The number of nitrogens with two attached hydrogens (primary N) is 1. The van der Waals surface area contributed by atoms with Gasteiger partial charge in [-0.25, -0.2) is 0 Å². The van der Waals surface area contributed by atoms with Gasteiger partial charge in [-0.1, -0.05) is 40.6 Å². The van der Waals surface area contributed by atoms with E-state index in [0.29, 0.717) is 12.5 Å². The van der Waals surface area contributed by atoms with Crippen molar-refractivity contribution in [3.63, 3.8) is 0 Å². The SMILES string of the molecule is C=CCNC(N)=NCC1(c2cccc(Br)c2)CCC1. The second-order valence-electron chi connectivity index (χ2n) is 5.02. The van der Waals surface area contributed by atoms with Crippen molar-refractivity contribution in [3.05, 3.63) is 47.0 Å². The molecule has 2 rings (SSSR count). The van der Waals surface area contributed by atoms with E-state index in [1.54, 1.807) is 6.08 Å². The molecule has 0 amide bonds. The molecule has 3 nitrogen and oxygen atoms in total. The highest BCUT2D eigenvalue weighted by Crippen LogP contribution is 2.44. The maximum absolute atomic E-state index is 5.84. The van der Waals surface area contributed by atoms with Gasteiger partial charge in [-0.2, -0.15) is 0 Å². The van der Waals surface area contributed by atoms with Crippen molar-refractivity contribution in [2.24, 2.45) is 10.7 Å². The summed E-state index contributed by atoms with van der Waals surface area (Å²) in [6, 6.07) is 8.52. The van der Waals surface area contributed by atoms with Crippen LogP contribution in [0.5, 0.6) is 0 Å². The van der Waals surface area contributed by atoms with Crippen LogP contribution in [0, 0.1) is 0 Å². The van der Waals surface area contributed by atoms with Crippen LogP contribution in [-0.2, 0) is 5.41 Å². The van der Waals surface area contributed by atoms with Crippen molar-refractivity contribution in [2.45, 2.75) is 24.7 Å². The lowest BCUT2D eigenvalue weighted by Crippen LogP contribution is -2.40. The maximum Gasteiger partial charge on any atom is 0.188 e. The summed E-state index contributed by atoms with van der Waals surface area (Å²) in [7, 11) is 0. The summed E-state index contributed by atoms with van der Waals surface area (Å²) >= 11 is 3.54. The minimum absolute atomic E-state index is 0.171. The third kappa shape index (κ3) is 3.38. The van der Waals surface area contributed by atoms with Crippen molar-refractivity contribution in [1.29, 1.82) is 0 Å². The third-order valence-electron chi connectivity index (χ3n) is 3.73. The van der Waals surface area contributed by atoms with Gasteiger partial charge in [0.15, 0.2) is 5.96 Å². The molecule has 0 radical (unpaired) electrons. The highest BCUT2D eigenvalue weighted by molar-refractivity contribution is 9.10. The predicted molar refractivity (Wildman–Crippen MR) is 84.4 cm³/mol. The molecule has 1 aliphatic carbocycles. The molecular weight excluding hydrogens is 302 g/mol. The Labute approximate surface area is 123 Å². The van der Waals surface area contributed by atoms with Crippen LogP contribution in [0.1, 0.15) is 24.8 Å². The predicted octanol–water partition coefficient (Wildman–Crippen LogP) is 2.96. The van der Waals surface area contributed by atoms with E-state index in [4.69, 9.17) is 5.73 Å². The number of nitrogens with one attached hydrogen (secondary N) is 1. The second-order valence-corrected chi connectivity index (χ2v) is 5.93. The number of hydrogen-bond donors (Lipinski definition) is 2. The quantitative estimate of drug-likeness (QED) is 0.497. The lowest BCUT2D eigenvalue weighted by Gasteiger charge is -2.41. The van der Waals surface area contributed by atoms with Crippen LogP contribution >= 0.6 is 15.9 Å². The van der Waals surface area contributed by atoms with Crippen molar-refractivity contribution < 1.29 is 0 Å². The number of halogens is 1. The van der Waals surface area contributed by atoms with E-state index in [9.17, 15) is 0 Å². The Balaban J connectivity index is 2.09. The van der Waals surface area contributed by atoms with E-state index in [-0.39, 0.29) is 5.41 Å². The van der Waals surface area contributed by atoms with Gasteiger partial charge in [0.1, 0.15) is 0 Å². The summed E-state index contributed by atoms with van der Waals surface area (Å²) in [6.45, 7) is 5.05. The summed E-state index contributed by atoms with van der Waals surface area (Å²) in [5, 5.41) is 3.02. The number of benzene rings is 1. The fourth-order valence-electron chi connectivity index (χ4n) is 2.43. The molecule has 1 fully saturated rings. The third-order valence-corrected chi connectivity index (χ3v) is 4.22. The van der Waals surface area contributed by atoms with Gasteiger partial charge < -0.3 is 11.1 Å². The lowest BCUT2D eigenvalue weighted by atomic mass is 9.64. The zero-order valence-corrected chi connectivity index (χ0v) is 12.6. The Hall–Kier alpha value is -1.29. The largest absolute Gasteiger partial charge is 0.370 e. The molecule has 0 atom stereocenters. The molecule has 1 aliphatic rings. The summed E-state index contributed by atoms with van der Waals surface area (Å²) in [6.07, 6.45) is 5.40. The van der Waals surface area contributed by atoms with Gasteiger partial charge in [-0.15, -0.1) is 6.58 Å². The first-order valence-corrected chi connectivity index (χ1v) is 7.36. The van der Waals surface area contributed by atoms with Crippen molar-refractivity contribution >= 4 is 21.9 Å². The van der Waals surface area contributed by atoms with Gasteiger partial charge in [0, 0.05) is 16.4 Å². The minimum Gasteiger partial charge on any atom is -0.370 e. The van der Waals surface area contributed by atoms with Gasteiger partial charge in [0.25, 0.3) is 0 Å². The van der Waals surface area contributed by atoms with E-state index < -0.39 is 0 Å². The second kappa shape index (κ2) is 6.24. The monoisotopic (exact) mass is 321 g/mol. The molecule has 102 valence electrons. The van der Waals surface area contributed by atoms with Gasteiger partial charge in [-0.3, -0.25) is 4.99 Å². The number of guanidine groups is 1. The van der Waals surface area contributed by atoms with Crippen molar-refractivity contribution in [2.75, 3.05) is 13.1 Å². The Kier molecular flexibility index (Phi) is 4.64. The molecule has 1 aromatic rings. The van der Waals surface area contributed by atoms with E-state index in [1.165, 1.54) is 24.8 Å². The standard InChI is InChI=1S/C15H20BrN3/c1-2-9-18-14(17)19-11-15(7-4-8-15)12-5-3-6-13(16)10-12/h2-3,5-6,10H,1,4,7-9,11H2,(H3,17,18,19). The summed E-state index contributed by atoms with van der Waals surface area (Å²) < 4.78 is 1.12. The highest BCUT2D eigenvalue weighted by atomic mass is 79.9. The Morgan fingerprint density at radius 1 is 1.53 bits per heavy atom. The molecule has 0 aromatic heterocycles. The van der Waals surface area contributed by atoms with Crippen LogP contribution in [0.2, 0.25) is 0 Å². The number of nitrogens with zero attached hydrogens (tertiary/aromatic N) is 1. The van der Waals surface area contributed by atoms with Gasteiger partial charge in [0.05, 0.1) is 6.54 Å². The van der Waals surface area contributed by atoms with Crippen molar-refractivity contribution in [1.82, 2.24) is 5.32 Å². The fourth-order valence-corrected chi connectivity index (χ4v) is 2.83. The number of rotatable bonds is 5. The highest BCUT2D eigenvalue weighted by Gasteiger charge is 2.38. The van der Waals surface area contributed by atoms with Crippen LogP contribution < -0.4 is 11.1 Å². The lowest BCUT2D eigenvalue weighted by molar-refractivity contribution is 0.253. The Morgan fingerprint density at radius 2 is 2.32 bits per heavy atom. The van der Waals surface area contributed by atoms with Crippen LogP contribution in [0.15, 0.2) is 46.4 Å². The molecule has 0 bridgehead atoms.